The number of hydrogen-bond acceptors (Lipinski definition) is 3. The second kappa shape index (κ2) is 9.05. The maximum atomic E-state index is 8.82. The van der Waals surface area contributed by atoms with Gasteiger partial charge in [-0.05, 0) is 48.4 Å². The summed E-state index contributed by atoms with van der Waals surface area (Å²) in [5, 5.41) is 11.1. The van der Waals surface area contributed by atoms with Crippen LogP contribution in [0.25, 0.3) is 10.8 Å². The minimum Gasteiger partial charge on any atom is -0.493 e. The third kappa shape index (κ3) is 5.21. The molecule has 0 bridgehead atoms. The van der Waals surface area contributed by atoms with Crippen molar-refractivity contribution in [3.8, 4) is 17.6 Å². The number of aryl methyl sites for hydroxylation is 1. The number of aromatic nitrogens is 1. The largest absolute Gasteiger partial charge is 0.493 e. The van der Waals surface area contributed by atoms with Crippen LogP contribution in [0.1, 0.15) is 32.3 Å². The normalized spacial score (nSPS) is 11.7. The van der Waals surface area contributed by atoms with Crippen molar-refractivity contribution in [3.63, 3.8) is 0 Å². The summed E-state index contributed by atoms with van der Waals surface area (Å²) in [6, 6.07) is 18.1. The number of rotatable bonds is 8. The maximum absolute atomic E-state index is 8.82. The number of pyridine rings is 1. The van der Waals surface area contributed by atoms with Gasteiger partial charge in [-0.1, -0.05) is 19.1 Å². The van der Waals surface area contributed by atoms with Gasteiger partial charge in [-0.15, -0.1) is 0 Å². The van der Waals surface area contributed by atoms with E-state index in [-0.39, 0.29) is 6.10 Å². The van der Waals surface area contributed by atoms with Gasteiger partial charge in [-0.25, -0.2) is 4.57 Å². The average molecular weight is 361 g/mol. The lowest BCUT2D eigenvalue weighted by molar-refractivity contribution is -0.697. The summed E-state index contributed by atoms with van der Waals surface area (Å²) in [5.74, 6) is 1.79. The van der Waals surface area contributed by atoms with E-state index in [1.165, 1.54) is 0 Å². The molecule has 27 heavy (non-hydrogen) atoms. The molecule has 0 amide bonds. The van der Waals surface area contributed by atoms with Crippen molar-refractivity contribution < 1.29 is 14.0 Å². The van der Waals surface area contributed by atoms with E-state index in [1.807, 2.05) is 36.7 Å². The number of hydrogen-bond donors (Lipinski definition) is 0. The molecule has 4 nitrogen and oxygen atoms in total. The summed E-state index contributed by atoms with van der Waals surface area (Å²) >= 11 is 0. The fourth-order valence-electron chi connectivity index (χ4n) is 2.80. The number of fused-ring (bicyclic) bond motifs is 1. The van der Waals surface area contributed by atoms with E-state index < -0.39 is 0 Å². The zero-order chi connectivity index (χ0) is 19.1. The van der Waals surface area contributed by atoms with Crippen molar-refractivity contribution >= 4 is 10.8 Å². The van der Waals surface area contributed by atoms with E-state index in [2.05, 4.69) is 48.7 Å². The minimum atomic E-state index is 0.221. The van der Waals surface area contributed by atoms with Crippen LogP contribution < -0.4 is 14.0 Å². The summed E-state index contributed by atoms with van der Waals surface area (Å²) in [6.07, 6.45) is 5.96. The molecule has 1 atom stereocenters. The third-order valence-electron chi connectivity index (χ3n) is 4.54. The lowest BCUT2D eigenvalue weighted by Crippen LogP contribution is -2.33. The number of nitrogens with zero attached hydrogens (tertiary/aromatic N) is 2. The molecule has 0 radical (unpaired) electrons. The minimum absolute atomic E-state index is 0.221. The molecule has 0 aliphatic heterocycles. The molecule has 3 rings (SSSR count). The fourth-order valence-corrected chi connectivity index (χ4v) is 2.80. The van der Waals surface area contributed by atoms with Gasteiger partial charge in [-0.2, -0.15) is 5.26 Å². The molecule has 4 heteroatoms. The van der Waals surface area contributed by atoms with Crippen LogP contribution in [-0.2, 0) is 6.54 Å². The summed E-state index contributed by atoms with van der Waals surface area (Å²) in [7, 11) is 0. The highest BCUT2D eigenvalue weighted by Crippen LogP contribution is 2.25. The van der Waals surface area contributed by atoms with E-state index in [1.54, 1.807) is 0 Å². The van der Waals surface area contributed by atoms with Crippen LogP contribution in [-0.4, -0.2) is 12.7 Å². The smallest absolute Gasteiger partial charge is 0.170 e. The Hall–Kier alpha value is -3.06. The average Bonchev–Trinajstić information content (AvgIpc) is 2.71. The summed E-state index contributed by atoms with van der Waals surface area (Å²) < 4.78 is 13.8. The van der Waals surface area contributed by atoms with Crippen molar-refractivity contribution in [2.75, 3.05) is 6.61 Å². The molecule has 1 heterocycles. The molecule has 2 aromatic carbocycles. The molecule has 0 fully saturated rings. The summed E-state index contributed by atoms with van der Waals surface area (Å²) in [5.41, 5.74) is 0.677. The van der Waals surface area contributed by atoms with Crippen molar-refractivity contribution in [2.24, 2.45) is 0 Å². The standard InChI is InChI=1S/C23H25N2O2/c1-3-18(2)27-23-8-6-20-15-22(7-5-21(20)16-23)26-14-4-11-25-12-9-19(17-24)10-13-25/h5-10,12-13,15-16,18H,3-4,11,14H2,1-2H3/q+1/t18-/m0/s1. The predicted molar refractivity (Wildman–Crippen MR) is 106 cm³/mol. The number of benzene rings is 2. The molecule has 0 N–H and O–H groups in total. The van der Waals surface area contributed by atoms with Gasteiger partial charge in [-0.3, -0.25) is 0 Å². The fraction of sp³-hybridized carbons (Fsp3) is 0.304. The first-order chi connectivity index (χ1) is 13.2. The zero-order valence-corrected chi connectivity index (χ0v) is 15.9. The van der Waals surface area contributed by atoms with Gasteiger partial charge in [0.1, 0.15) is 11.5 Å². The third-order valence-corrected chi connectivity index (χ3v) is 4.54. The first kappa shape index (κ1) is 18.7. The molecule has 0 aliphatic carbocycles. The van der Waals surface area contributed by atoms with Crippen LogP contribution in [0.2, 0.25) is 0 Å². The van der Waals surface area contributed by atoms with E-state index in [9.17, 15) is 0 Å². The molecule has 1 aromatic heterocycles. The molecular weight excluding hydrogens is 336 g/mol. The Morgan fingerprint density at radius 1 is 1.00 bits per heavy atom. The first-order valence-electron chi connectivity index (χ1n) is 9.40. The Balaban J connectivity index is 1.54. The first-order valence-corrected chi connectivity index (χ1v) is 9.40. The molecule has 0 saturated carbocycles. The Bertz CT molecular complexity index is 929. The molecule has 0 spiro atoms. The van der Waals surface area contributed by atoms with Crippen LogP contribution in [0.15, 0.2) is 60.9 Å². The molecule has 0 unspecified atom stereocenters. The summed E-state index contributed by atoms with van der Waals surface area (Å²) in [4.78, 5) is 0. The maximum Gasteiger partial charge on any atom is 0.170 e. The molecule has 138 valence electrons. The molecular formula is C23H25N2O2+. The Labute approximate surface area is 160 Å². The van der Waals surface area contributed by atoms with Crippen LogP contribution >= 0.6 is 0 Å². The van der Waals surface area contributed by atoms with Gasteiger partial charge in [0.05, 0.1) is 24.3 Å². The van der Waals surface area contributed by atoms with Crippen molar-refractivity contribution in [1.29, 1.82) is 5.26 Å². The molecule has 0 aliphatic rings. The van der Waals surface area contributed by atoms with Crippen LogP contribution in [0, 0.1) is 11.3 Å². The van der Waals surface area contributed by atoms with Crippen molar-refractivity contribution in [3.05, 3.63) is 66.5 Å². The second-order valence-electron chi connectivity index (χ2n) is 6.65. The summed E-state index contributed by atoms with van der Waals surface area (Å²) in [6.45, 7) is 5.70. The van der Waals surface area contributed by atoms with Crippen LogP contribution in [0.3, 0.4) is 0 Å². The van der Waals surface area contributed by atoms with Gasteiger partial charge < -0.3 is 9.47 Å². The lowest BCUT2D eigenvalue weighted by Gasteiger charge is -2.13. The zero-order valence-electron chi connectivity index (χ0n) is 15.9. The molecule has 3 aromatic rings. The Morgan fingerprint density at radius 3 is 2.33 bits per heavy atom. The monoisotopic (exact) mass is 361 g/mol. The van der Waals surface area contributed by atoms with Gasteiger partial charge in [0.25, 0.3) is 0 Å². The lowest BCUT2D eigenvalue weighted by atomic mass is 10.1. The van der Waals surface area contributed by atoms with E-state index in [0.717, 1.165) is 41.7 Å². The SMILES string of the molecule is CC[C@H](C)Oc1ccc2cc(OCCC[n+]3ccc(C#N)cc3)ccc2c1. The van der Waals surface area contributed by atoms with Gasteiger partial charge in [0.15, 0.2) is 18.9 Å². The van der Waals surface area contributed by atoms with Gasteiger partial charge >= 0.3 is 0 Å². The van der Waals surface area contributed by atoms with Crippen LogP contribution in [0.5, 0.6) is 11.5 Å². The highest BCUT2D eigenvalue weighted by atomic mass is 16.5. The van der Waals surface area contributed by atoms with E-state index in [0.29, 0.717) is 12.2 Å². The van der Waals surface area contributed by atoms with E-state index >= 15 is 0 Å². The van der Waals surface area contributed by atoms with Gasteiger partial charge in [0, 0.05) is 18.6 Å². The van der Waals surface area contributed by atoms with Gasteiger partial charge in [0.2, 0.25) is 0 Å². The highest BCUT2D eigenvalue weighted by Gasteiger charge is 2.05. The van der Waals surface area contributed by atoms with E-state index in [4.69, 9.17) is 14.7 Å². The number of ether oxygens (including phenoxy) is 2. The van der Waals surface area contributed by atoms with Crippen LogP contribution in [0.4, 0.5) is 0 Å². The van der Waals surface area contributed by atoms with Crippen molar-refractivity contribution in [1.82, 2.24) is 0 Å². The Kier molecular flexibility index (Phi) is 6.27. The quantitative estimate of drug-likeness (QED) is 0.433. The molecule has 0 saturated heterocycles. The Morgan fingerprint density at radius 2 is 1.67 bits per heavy atom. The topological polar surface area (TPSA) is 46.1 Å². The van der Waals surface area contributed by atoms with Crippen molar-refractivity contribution in [2.45, 2.75) is 39.3 Å². The number of nitriles is 1. The highest BCUT2D eigenvalue weighted by molar-refractivity contribution is 5.85. The second-order valence-corrected chi connectivity index (χ2v) is 6.65. The predicted octanol–water partition coefficient (Wildman–Crippen LogP) is 4.65.